The van der Waals surface area contributed by atoms with Crippen molar-refractivity contribution in [3.8, 4) is 11.4 Å². The molecule has 0 aromatic carbocycles. The lowest BCUT2D eigenvalue weighted by atomic mass is 10.1. The highest BCUT2D eigenvalue weighted by molar-refractivity contribution is 5.66. The van der Waals surface area contributed by atoms with Gasteiger partial charge in [-0.3, -0.25) is 19.1 Å². The average molecular weight is 434 g/mol. The van der Waals surface area contributed by atoms with Crippen LogP contribution in [0.5, 0.6) is 0 Å². The first-order valence-corrected chi connectivity index (χ1v) is 10.9. The minimum atomic E-state index is -0.137. The molecule has 4 aromatic heterocycles. The number of anilines is 1. The normalized spacial score (nSPS) is 17.5. The average Bonchev–Trinajstić information content (AvgIpc) is 3.19. The number of piperazine rings is 1. The molecule has 0 amide bonds. The van der Waals surface area contributed by atoms with Crippen molar-refractivity contribution in [1.29, 1.82) is 0 Å². The molecule has 9 nitrogen and oxygen atoms in total. The molecule has 0 aliphatic carbocycles. The van der Waals surface area contributed by atoms with Crippen LogP contribution in [0.2, 0.25) is 0 Å². The molecular weight excluding hydrogens is 406 g/mol. The quantitative estimate of drug-likeness (QED) is 0.522. The van der Waals surface area contributed by atoms with Gasteiger partial charge in [-0.25, -0.2) is 9.50 Å². The van der Waals surface area contributed by atoms with E-state index in [0.29, 0.717) is 29.6 Å². The highest BCUT2D eigenvalue weighted by Crippen LogP contribution is 2.22. The van der Waals surface area contributed by atoms with E-state index in [9.17, 15) is 9.90 Å². The van der Waals surface area contributed by atoms with Gasteiger partial charge in [-0.05, 0) is 39.0 Å². The van der Waals surface area contributed by atoms with Gasteiger partial charge in [0.15, 0.2) is 0 Å². The minimum absolute atomic E-state index is 0.137. The highest BCUT2D eigenvalue weighted by Gasteiger charge is 2.23. The zero-order valence-corrected chi connectivity index (χ0v) is 18.6. The topological polar surface area (TPSA) is 91.3 Å². The predicted molar refractivity (Wildman–Crippen MR) is 123 cm³/mol. The molecular formula is C23H27N7O2. The summed E-state index contributed by atoms with van der Waals surface area (Å²) in [4.78, 5) is 26.7. The van der Waals surface area contributed by atoms with Gasteiger partial charge in [-0.1, -0.05) is 0 Å². The summed E-state index contributed by atoms with van der Waals surface area (Å²) in [5, 5.41) is 13.8. The Morgan fingerprint density at radius 1 is 1.09 bits per heavy atom. The van der Waals surface area contributed by atoms with Gasteiger partial charge in [-0.15, -0.1) is 0 Å². The second-order valence-electron chi connectivity index (χ2n) is 8.48. The molecule has 32 heavy (non-hydrogen) atoms. The van der Waals surface area contributed by atoms with E-state index in [4.69, 9.17) is 4.98 Å². The van der Waals surface area contributed by atoms with E-state index in [2.05, 4.69) is 26.8 Å². The Morgan fingerprint density at radius 2 is 1.94 bits per heavy atom. The maximum Gasteiger partial charge on any atom is 0.258 e. The smallest absolute Gasteiger partial charge is 0.258 e. The SMILES string of the molecule is Cc1cn2nc(-c3cc(=O)n4cc(N5CCN(CCO)[C@H](C)C5)ccc4n3)cc2c(C)n1. The van der Waals surface area contributed by atoms with Crippen LogP contribution in [-0.4, -0.2) is 72.8 Å². The van der Waals surface area contributed by atoms with Gasteiger partial charge in [0.1, 0.15) is 11.3 Å². The lowest BCUT2D eigenvalue weighted by Crippen LogP contribution is -2.52. The van der Waals surface area contributed by atoms with Crippen molar-refractivity contribution in [3.05, 3.63) is 58.4 Å². The van der Waals surface area contributed by atoms with E-state index in [0.717, 1.165) is 42.2 Å². The van der Waals surface area contributed by atoms with Crippen molar-refractivity contribution < 1.29 is 5.11 Å². The molecule has 0 saturated carbocycles. The second kappa shape index (κ2) is 7.99. The second-order valence-corrected chi connectivity index (χ2v) is 8.48. The Balaban J connectivity index is 1.48. The fourth-order valence-electron chi connectivity index (χ4n) is 4.52. The Labute approximate surface area is 185 Å². The lowest BCUT2D eigenvalue weighted by molar-refractivity contribution is 0.146. The molecule has 9 heteroatoms. The number of aliphatic hydroxyl groups excluding tert-OH is 1. The van der Waals surface area contributed by atoms with Crippen molar-refractivity contribution in [2.75, 3.05) is 37.7 Å². The third-order valence-corrected chi connectivity index (χ3v) is 6.18. The van der Waals surface area contributed by atoms with Crippen molar-refractivity contribution in [2.45, 2.75) is 26.8 Å². The lowest BCUT2D eigenvalue weighted by Gasteiger charge is -2.40. The molecule has 1 saturated heterocycles. The van der Waals surface area contributed by atoms with E-state index in [-0.39, 0.29) is 12.2 Å². The van der Waals surface area contributed by atoms with Gasteiger partial charge in [0, 0.05) is 44.5 Å². The Bertz CT molecular complexity index is 1360. The van der Waals surface area contributed by atoms with Gasteiger partial charge >= 0.3 is 0 Å². The summed E-state index contributed by atoms with van der Waals surface area (Å²) < 4.78 is 3.38. The molecule has 1 aliphatic rings. The number of hydrogen-bond donors (Lipinski definition) is 1. The molecule has 166 valence electrons. The number of aliphatic hydroxyl groups is 1. The zero-order valence-electron chi connectivity index (χ0n) is 18.6. The fourth-order valence-corrected chi connectivity index (χ4v) is 4.52. The number of fused-ring (bicyclic) bond motifs is 2. The summed E-state index contributed by atoms with van der Waals surface area (Å²) in [6.07, 6.45) is 3.73. The van der Waals surface area contributed by atoms with Crippen LogP contribution >= 0.6 is 0 Å². The summed E-state index contributed by atoms with van der Waals surface area (Å²) in [6, 6.07) is 7.69. The van der Waals surface area contributed by atoms with E-state index >= 15 is 0 Å². The van der Waals surface area contributed by atoms with Crippen LogP contribution in [0.25, 0.3) is 22.6 Å². The van der Waals surface area contributed by atoms with Gasteiger partial charge in [-0.2, -0.15) is 5.10 Å². The third kappa shape index (κ3) is 3.63. The number of β-amino-alcohol motifs (C(OH)–C–C–N with tert-alkyl or cyclic N) is 1. The van der Waals surface area contributed by atoms with Crippen LogP contribution in [0, 0.1) is 13.8 Å². The maximum absolute atomic E-state index is 13.0. The first-order chi connectivity index (χ1) is 15.4. The molecule has 1 aliphatic heterocycles. The van der Waals surface area contributed by atoms with E-state index in [1.54, 1.807) is 8.92 Å². The summed E-state index contributed by atoms with van der Waals surface area (Å²) in [5.41, 5.74) is 5.32. The van der Waals surface area contributed by atoms with Crippen LogP contribution in [-0.2, 0) is 0 Å². The Morgan fingerprint density at radius 3 is 2.72 bits per heavy atom. The highest BCUT2D eigenvalue weighted by atomic mass is 16.3. The number of rotatable bonds is 4. The summed E-state index contributed by atoms with van der Waals surface area (Å²) >= 11 is 0. The molecule has 5 heterocycles. The van der Waals surface area contributed by atoms with Gasteiger partial charge in [0.2, 0.25) is 0 Å². The van der Waals surface area contributed by atoms with Gasteiger partial charge in [0.05, 0.1) is 41.1 Å². The van der Waals surface area contributed by atoms with Crippen LogP contribution in [0.3, 0.4) is 0 Å². The first kappa shape index (κ1) is 20.6. The van der Waals surface area contributed by atoms with E-state index in [1.807, 2.05) is 44.4 Å². The van der Waals surface area contributed by atoms with Crippen molar-refractivity contribution in [3.63, 3.8) is 0 Å². The number of aryl methyl sites for hydroxylation is 2. The van der Waals surface area contributed by atoms with Crippen LogP contribution < -0.4 is 10.5 Å². The zero-order chi connectivity index (χ0) is 22.4. The molecule has 1 atom stereocenters. The largest absolute Gasteiger partial charge is 0.395 e. The third-order valence-electron chi connectivity index (χ3n) is 6.18. The number of aromatic nitrogens is 5. The van der Waals surface area contributed by atoms with E-state index < -0.39 is 0 Å². The van der Waals surface area contributed by atoms with Crippen molar-refractivity contribution in [2.24, 2.45) is 0 Å². The van der Waals surface area contributed by atoms with Crippen LogP contribution in [0.4, 0.5) is 5.69 Å². The molecule has 4 aromatic rings. The van der Waals surface area contributed by atoms with E-state index in [1.165, 1.54) is 6.07 Å². The molecule has 5 rings (SSSR count). The summed E-state index contributed by atoms with van der Waals surface area (Å²) in [5.74, 6) is 0. The van der Waals surface area contributed by atoms with Crippen molar-refractivity contribution in [1.82, 2.24) is 28.9 Å². The summed E-state index contributed by atoms with van der Waals surface area (Å²) in [6.45, 7) is 9.48. The molecule has 0 spiro atoms. The number of pyridine rings is 1. The minimum Gasteiger partial charge on any atom is -0.395 e. The molecule has 1 N–H and O–H groups in total. The molecule has 0 unspecified atom stereocenters. The molecule has 1 fully saturated rings. The Kier molecular flexibility index (Phi) is 5.15. The molecule has 0 radical (unpaired) electrons. The number of hydrogen-bond acceptors (Lipinski definition) is 7. The first-order valence-electron chi connectivity index (χ1n) is 10.9. The maximum atomic E-state index is 13.0. The van der Waals surface area contributed by atoms with Crippen LogP contribution in [0.1, 0.15) is 18.3 Å². The molecule has 0 bridgehead atoms. The fraction of sp³-hybridized carbons (Fsp3) is 0.391. The monoisotopic (exact) mass is 433 g/mol. The van der Waals surface area contributed by atoms with Crippen molar-refractivity contribution >= 4 is 16.9 Å². The summed E-state index contributed by atoms with van der Waals surface area (Å²) in [7, 11) is 0. The van der Waals surface area contributed by atoms with Gasteiger partial charge in [0.25, 0.3) is 5.56 Å². The number of nitrogens with zero attached hydrogens (tertiary/aromatic N) is 7. The standard InChI is InChI=1S/C23H27N7O2/c1-15-12-30-21(17(3)24-15)10-20(26-30)19-11-23(32)29-14-18(4-5-22(29)25-19)28-7-6-27(8-9-31)16(2)13-28/h4-5,10-12,14,16,31H,6-9,13H2,1-3H3/t16-/m1/s1. The van der Waals surface area contributed by atoms with Crippen LogP contribution in [0.15, 0.2) is 41.5 Å². The Hall–Kier alpha value is -3.30. The predicted octanol–water partition coefficient (Wildman–Crippen LogP) is 1.52. The van der Waals surface area contributed by atoms with Gasteiger partial charge < -0.3 is 10.0 Å².